The molecule has 0 aromatic rings. The summed E-state index contributed by atoms with van der Waals surface area (Å²) >= 11 is 0. The Bertz CT molecular complexity index is 197. The van der Waals surface area contributed by atoms with Gasteiger partial charge in [0, 0.05) is 6.04 Å². The van der Waals surface area contributed by atoms with Gasteiger partial charge < -0.3 is 15.8 Å². The molecule has 0 heterocycles. The van der Waals surface area contributed by atoms with Gasteiger partial charge in [0.05, 0.1) is 0 Å². The summed E-state index contributed by atoms with van der Waals surface area (Å²) in [6.45, 7) is 10.2. The third-order valence-electron chi connectivity index (χ3n) is 1.98. The smallest absolute Gasteiger partial charge is 0.407 e. The summed E-state index contributed by atoms with van der Waals surface area (Å²) in [5, 5.41) is 2.83. The third kappa shape index (κ3) is 7.19. The topological polar surface area (TPSA) is 64.3 Å². The van der Waals surface area contributed by atoms with Crippen LogP contribution in [0.4, 0.5) is 4.79 Å². The van der Waals surface area contributed by atoms with E-state index in [1.165, 1.54) is 0 Å². The summed E-state index contributed by atoms with van der Waals surface area (Å²) in [7, 11) is 0. The van der Waals surface area contributed by atoms with Crippen molar-refractivity contribution in [2.45, 2.75) is 52.7 Å². The Hall–Kier alpha value is -0.770. The van der Waals surface area contributed by atoms with Gasteiger partial charge in [-0.05, 0) is 39.7 Å². The third-order valence-corrected chi connectivity index (χ3v) is 1.98. The number of ether oxygens (including phenoxy) is 1. The largest absolute Gasteiger partial charge is 0.444 e. The van der Waals surface area contributed by atoms with Gasteiger partial charge in [0.15, 0.2) is 0 Å². The number of hydrogen-bond donors (Lipinski definition) is 2. The predicted octanol–water partition coefficient (Wildman–Crippen LogP) is 1.88. The van der Waals surface area contributed by atoms with Gasteiger partial charge in [-0.3, -0.25) is 0 Å². The summed E-state index contributed by atoms with van der Waals surface area (Å²) in [4.78, 5) is 11.5. The Morgan fingerprint density at radius 3 is 2.27 bits per heavy atom. The fourth-order valence-corrected chi connectivity index (χ4v) is 1.21. The minimum absolute atomic E-state index is 0.0878. The van der Waals surface area contributed by atoms with E-state index >= 15 is 0 Å². The molecule has 0 aliphatic carbocycles. The number of alkyl carbamates (subject to hydrolysis) is 1. The average Bonchev–Trinajstić information content (AvgIpc) is 1.99. The van der Waals surface area contributed by atoms with Crippen molar-refractivity contribution in [3.63, 3.8) is 0 Å². The number of amides is 1. The van der Waals surface area contributed by atoms with Crippen molar-refractivity contribution in [1.29, 1.82) is 0 Å². The zero-order valence-corrected chi connectivity index (χ0v) is 10.5. The Kier molecular flexibility index (Phi) is 5.65. The van der Waals surface area contributed by atoms with Crippen LogP contribution in [-0.2, 0) is 4.74 Å². The second-order valence-electron chi connectivity index (χ2n) is 5.07. The molecule has 0 bridgehead atoms. The van der Waals surface area contributed by atoms with Crippen LogP contribution in [0.2, 0.25) is 0 Å². The first-order valence-corrected chi connectivity index (χ1v) is 5.46. The molecule has 0 aromatic carbocycles. The lowest BCUT2D eigenvalue weighted by Crippen LogP contribution is -2.42. The van der Waals surface area contributed by atoms with Gasteiger partial charge in [-0.25, -0.2) is 4.79 Å². The van der Waals surface area contributed by atoms with Crippen LogP contribution in [0.1, 0.15) is 41.0 Å². The Morgan fingerprint density at radius 1 is 1.40 bits per heavy atom. The monoisotopic (exact) mass is 216 g/mol. The van der Waals surface area contributed by atoms with Gasteiger partial charge in [0.25, 0.3) is 0 Å². The van der Waals surface area contributed by atoms with Crippen LogP contribution in [0.5, 0.6) is 0 Å². The van der Waals surface area contributed by atoms with Crippen molar-refractivity contribution >= 4 is 6.09 Å². The molecule has 15 heavy (non-hydrogen) atoms. The molecule has 4 heteroatoms. The minimum Gasteiger partial charge on any atom is -0.444 e. The van der Waals surface area contributed by atoms with Gasteiger partial charge in [0.2, 0.25) is 0 Å². The van der Waals surface area contributed by atoms with E-state index in [0.29, 0.717) is 12.5 Å². The molecule has 0 spiro atoms. The van der Waals surface area contributed by atoms with Crippen LogP contribution >= 0.6 is 0 Å². The van der Waals surface area contributed by atoms with Crippen LogP contribution in [-0.4, -0.2) is 24.3 Å². The molecular formula is C11H24N2O2. The average molecular weight is 216 g/mol. The maximum Gasteiger partial charge on any atom is 0.407 e. The van der Waals surface area contributed by atoms with Crippen LogP contribution in [0.25, 0.3) is 0 Å². The highest BCUT2D eigenvalue weighted by Crippen LogP contribution is 2.09. The first-order valence-electron chi connectivity index (χ1n) is 5.46. The van der Waals surface area contributed by atoms with Crippen molar-refractivity contribution in [1.82, 2.24) is 5.32 Å². The zero-order chi connectivity index (χ0) is 12.1. The van der Waals surface area contributed by atoms with Gasteiger partial charge in [-0.2, -0.15) is 0 Å². The molecule has 3 N–H and O–H groups in total. The van der Waals surface area contributed by atoms with Crippen molar-refractivity contribution < 1.29 is 9.53 Å². The van der Waals surface area contributed by atoms with E-state index in [1.54, 1.807) is 0 Å². The number of carbonyl (C=O) groups excluding carboxylic acids is 1. The van der Waals surface area contributed by atoms with Gasteiger partial charge in [-0.1, -0.05) is 13.8 Å². The predicted molar refractivity (Wildman–Crippen MR) is 61.7 cm³/mol. The van der Waals surface area contributed by atoms with Gasteiger partial charge >= 0.3 is 6.09 Å². The molecule has 0 saturated carbocycles. The number of rotatable bonds is 4. The molecule has 0 aliphatic rings. The van der Waals surface area contributed by atoms with Crippen molar-refractivity contribution in [2.24, 2.45) is 11.7 Å². The summed E-state index contributed by atoms with van der Waals surface area (Å²) in [6.07, 6.45) is 0.409. The van der Waals surface area contributed by atoms with Crippen LogP contribution in [0, 0.1) is 5.92 Å². The number of carbonyl (C=O) groups is 1. The fraction of sp³-hybridized carbons (Fsp3) is 0.909. The highest BCUT2D eigenvalue weighted by atomic mass is 16.6. The van der Waals surface area contributed by atoms with Crippen LogP contribution in [0.15, 0.2) is 0 Å². The van der Waals surface area contributed by atoms with Crippen LogP contribution < -0.4 is 11.1 Å². The minimum atomic E-state index is -0.450. The second-order valence-corrected chi connectivity index (χ2v) is 5.07. The summed E-state index contributed by atoms with van der Waals surface area (Å²) in [5.41, 5.74) is 5.03. The fourth-order valence-electron chi connectivity index (χ4n) is 1.21. The van der Waals surface area contributed by atoms with Gasteiger partial charge in [0.1, 0.15) is 5.60 Å². The standard InChI is InChI=1S/C11H24N2O2/c1-8(2)9(6-7-12)13-10(14)15-11(3,4)5/h8-9H,6-7,12H2,1-5H3,(H,13,14). The van der Waals surface area contributed by atoms with Crippen molar-refractivity contribution in [3.05, 3.63) is 0 Å². The van der Waals surface area contributed by atoms with E-state index in [9.17, 15) is 4.79 Å². The SMILES string of the molecule is CC(C)C(CCN)NC(=O)OC(C)(C)C. The molecule has 1 unspecified atom stereocenters. The van der Waals surface area contributed by atoms with Crippen molar-refractivity contribution in [2.75, 3.05) is 6.54 Å². The summed E-state index contributed by atoms with van der Waals surface area (Å²) in [5.74, 6) is 0.362. The maximum atomic E-state index is 11.5. The quantitative estimate of drug-likeness (QED) is 0.754. The number of nitrogens with one attached hydrogen (secondary N) is 1. The van der Waals surface area contributed by atoms with Gasteiger partial charge in [-0.15, -0.1) is 0 Å². The molecule has 90 valence electrons. The van der Waals surface area contributed by atoms with Crippen LogP contribution in [0.3, 0.4) is 0 Å². The molecule has 0 rings (SSSR count). The molecule has 1 atom stereocenters. The highest BCUT2D eigenvalue weighted by Gasteiger charge is 2.20. The lowest BCUT2D eigenvalue weighted by molar-refractivity contribution is 0.0488. The lowest BCUT2D eigenvalue weighted by Gasteiger charge is -2.25. The van der Waals surface area contributed by atoms with E-state index < -0.39 is 5.60 Å². The number of nitrogens with two attached hydrogens (primary N) is 1. The van der Waals surface area contributed by atoms with E-state index in [-0.39, 0.29) is 12.1 Å². The first-order chi connectivity index (χ1) is 6.76. The molecule has 0 fully saturated rings. The Labute approximate surface area is 92.6 Å². The summed E-state index contributed by atoms with van der Waals surface area (Å²) < 4.78 is 5.17. The zero-order valence-electron chi connectivity index (χ0n) is 10.5. The molecule has 0 aliphatic heterocycles. The van der Waals surface area contributed by atoms with Crippen molar-refractivity contribution in [3.8, 4) is 0 Å². The molecule has 0 aromatic heterocycles. The van der Waals surface area contributed by atoms with E-state index in [0.717, 1.165) is 6.42 Å². The van der Waals surface area contributed by atoms with E-state index in [2.05, 4.69) is 19.2 Å². The molecule has 0 radical (unpaired) electrons. The first kappa shape index (κ1) is 14.2. The molecular weight excluding hydrogens is 192 g/mol. The maximum absolute atomic E-state index is 11.5. The molecule has 1 amide bonds. The van der Waals surface area contributed by atoms with E-state index in [4.69, 9.17) is 10.5 Å². The Balaban J connectivity index is 4.11. The highest BCUT2D eigenvalue weighted by molar-refractivity contribution is 5.68. The second kappa shape index (κ2) is 5.95. The molecule has 0 saturated heterocycles. The lowest BCUT2D eigenvalue weighted by atomic mass is 10.0. The number of hydrogen-bond acceptors (Lipinski definition) is 3. The normalized spacial score (nSPS) is 13.8. The van der Waals surface area contributed by atoms with E-state index in [1.807, 2.05) is 20.8 Å². The summed E-state index contributed by atoms with van der Waals surface area (Å²) in [6, 6.07) is 0.0878. The Morgan fingerprint density at radius 2 is 1.93 bits per heavy atom. The molecule has 4 nitrogen and oxygen atoms in total.